The van der Waals surface area contributed by atoms with Gasteiger partial charge in [-0.05, 0) is 43.4 Å². The second-order valence-electron chi connectivity index (χ2n) is 7.67. The van der Waals surface area contributed by atoms with Crippen LogP contribution in [-0.4, -0.2) is 42.9 Å². The lowest BCUT2D eigenvalue weighted by atomic mass is 9.98. The predicted molar refractivity (Wildman–Crippen MR) is 111 cm³/mol. The lowest BCUT2D eigenvalue weighted by Gasteiger charge is -2.30. The Morgan fingerprint density at radius 1 is 1.11 bits per heavy atom. The molecule has 1 heterocycles. The first kappa shape index (κ1) is 21.3. The van der Waals surface area contributed by atoms with Crippen molar-refractivity contribution in [3.05, 3.63) is 29.8 Å². The monoisotopic (exact) mass is 373 g/mol. The number of amides is 2. The third kappa shape index (κ3) is 7.61. The topological polar surface area (TPSA) is 61.4 Å². The first-order chi connectivity index (χ1) is 13.1. The minimum Gasteiger partial charge on any atom is -0.376 e. The van der Waals surface area contributed by atoms with E-state index in [2.05, 4.69) is 24.5 Å². The molecule has 1 aromatic carbocycles. The Kier molecular flexibility index (Phi) is 9.16. The van der Waals surface area contributed by atoms with Crippen molar-refractivity contribution in [3.8, 4) is 0 Å². The normalized spacial score (nSPS) is 14.8. The molecule has 27 heavy (non-hydrogen) atoms. The summed E-state index contributed by atoms with van der Waals surface area (Å²) in [6.07, 6.45) is 8.08. The van der Waals surface area contributed by atoms with Gasteiger partial charge in [0, 0.05) is 30.9 Å². The number of carbonyl (C=O) groups excluding carboxylic acids is 2. The summed E-state index contributed by atoms with van der Waals surface area (Å²) >= 11 is 0. The van der Waals surface area contributed by atoms with E-state index < -0.39 is 0 Å². The molecule has 1 aliphatic heterocycles. The Hall–Kier alpha value is -2.04. The number of hydrogen-bond donors (Lipinski definition) is 2. The van der Waals surface area contributed by atoms with E-state index in [4.69, 9.17) is 0 Å². The molecule has 0 radical (unpaired) electrons. The second kappa shape index (κ2) is 11.6. The van der Waals surface area contributed by atoms with E-state index in [1.54, 1.807) is 0 Å². The predicted octanol–water partition coefficient (Wildman–Crippen LogP) is 4.06. The zero-order valence-electron chi connectivity index (χ0n) is 16.9. The van der Waals surface area contributed by atoms with E-state index in [-0.39, 0.29) is 18.4 Å². The molecule has 1 aliphatic rings. The molecule has 150 valence electrons. The van der Waals surface area contributed by atoms with Crippen LogP contribution in [0, 0.1) is 5.92 Å². The Bertz CT molecular complexity index is 595. The first-order valence-corrected chi connectivity index (χ1v) is 10.5. The molecular weight excluding hydrogens is 338 g/mol. The Morgan fingerprint density at radius 3 is 2.59 bits per heavy atom. The van der Waals surface area contributed by atoms with Crippen LogP contribution in [0.15, 0.2) is 24.3 Å². The van der Waals surface area contributed by atoms with E-state index in [0.29, 0.717) is 11.5 Å². The van der Waals surface area contributed by atoms with Gasteiger partial charge in [0.25, 0.3) is 5.91 Å². The van der Waals surface area contributed by atoms with Crippen molar-refractivity contribution < 1.29 is 9.59 Å². The second-order valence-corrected chi connectivity index (χ2v) is 7.67. The highest BCUT2D eigenvalue weighted by molar-refractivity contribution is 5.95. The van der Waals surface area contributed by atoms with Crippen LogP contribution in [0.4, 0.5) is 5.69 Å². The van der Waals surface area contributed by atoms with Gasteiger partial charge in [0.2, 0.25) is 5.91 Å². The molecule has 1 saturated heterocycles. The summed E-state index contributed by atoms with van der Waals surface area (Å²) in [4.78, 5) is 26.6. The number of nitrogens with one attached hydrogen (secondary N) is 2. The molecule has 5 nitrogen and oxygen atoms in total. The molecule has 1 fully saturated rings. The van der Waals surface area contributed by atoms with Crippen LogP contribution in [0.1, 0.15) is 69.2 Å². The van der Waals surface area contributed by atoms with E-state index in [0.717, 1.165) is 44.6 Å². The molecule has 0 atom stereocenters. The van der Waals surface area contributed by atoms with Gasteiger partial charge in [-0.25, -0.2) is 0 Å². The molecule has 0 unspecified atom stereocenters. The summed E-state index contributed by atoms with van der Waals surface area (Å²) in [6.45, 7) is 7.06. The fraction of sp³-hybridized carbons (Fsp3) is 0.636. The van der Waals surface area contributed by atoms with Gasteiger partial charge in [-0.3, -0.25) is 9.59 Å². The molecule has 1 aromatic rings. The fourth-order valence-electron chi connectivity index (χ4n) is 3.36. The molecule has 0 spiro atoms. The van der Waals surface area contributed by atoms with E-state index in [9.17, 15) is 9.59 Å². The number of nitrogens with zero attached hydrogens (tertiary/aromatic N) is 1. The number of likely N-dealkylation sites (tertiary alicyclic amines) is 1. The van der Waals surface area contributed by atoms with Crippen LogP contribution in [0.25, 0.3) is 0 Å². The molecule has 0 saturated carbocycles. The van der Waals surface area contributed by atoms with E-state index >= 15 is 0 Å². The van der Waals surface area contributed by atoms with Crippen LogP contribution in [-0.2, 0) is 4.79 Å². The summed E-state index contributed by atoms with van der Waals surface area (Å²) in [5.41, 5.74) is 1.50. The van der Waals surface area contributed by atoms with Gasteiger partial charge in [-0.2, -0.15) is 0 Å². The Balaban J connectivity index is 1.73. The lowest BCUT2D eigenvalue weighted by molar-refractivity contribution is -0.119. The molecule has 2 amide bonds. The lowest BCUT2D eigenvalue weighted by Crippen LogP contribution is -2.37. The van der Waals surface area contributed by atoms with Crippen molar-refractivity contribution in [2.45, 2.75) is 58.8 Å². The largest absolute Gasteiger partial charge is 0.376 e. The maximum absolute atomic E-state index is 12.7. The smallest absolute Gasteiger partial charge is 0.253 e. The molecular formula is C22H35N3O2. The van der Waals surface area contributed by atoms with Crippen molar-refractivity contribution in [3.63, 3.8) is 0 Å². The van der Waals surface area contributed by atoms with Crippen LogP contribution in [0.5, 0.6) is 0 Å². The number of carbonyl (C=O) groups is 2. The van der Waals surface area contributed by atoms with Crippen molar-refractivity contribution in [1.29, 1.82) is 0 Å². The van der Waals surface area contributed by atoms with Gasteiger partial charge in [-0.15, -0.1) is 0 Å². The molecule has 2 rings (SSSR count). The van der Waals surface area contributed by atoms with Gasteiger partial charge in [-0.1, -0.05) is 45.6 Å². The molecule has 0 aromatic heterocycles. The van der Waals surface area contributed by atoms with Gasteiger partial charge in [0.05, 0.1) is 6.54 Å². The maximum atomic E-state index is 12.7. The summed E-state index contributed by atoms with van der Waals surface area (Å²) < 4.78 is 0. The SMILES string of the molecule is CCCCCCCNC(=O)CNc1cccc(C(=O)N2CCC(C)CC2)c1. The van der Waals surface area contributed by atoms with Crippen LogP contribution >= 0.6 is 0 Å². The third-order valence-corrected chi connectivity index (χ3v) is 5.24. The van der Waals surface area contributed by atoms with Gasteiger partial charge in [0.1, 0.15) is 0 Å². The average Bonchev–Trinajstić information content (AvgIpc) is 2.69. The summed E-state index contributed by atoms with van der Waals surface area (Å²) in [7, 11) is 0. The van der Waals surface area contributed by atoms with Gasteiger partial charge in [0.15, 0.2) is 0 Å². The van der Waals surface area contributed by atoms with Crippen molar-refractivity contribution in [2.24, 2.45) is 5.92 Å². The number of anilines is 1. The first-order valence-electron chi connectivity index (χ1n) is 10.5. The Morgan fingerprint density at radius 2 is 1.85 bits per heavy atom. The zero-order valence-corrected chi connectivity index (χ0v) is 16.9. The quantitative estimate of drug-likeness (QED) is 0.608. The fourth-order valence-corrected chi connectivity index (χ4v) is 3.36. The van der Waals surface area contributed by atoms with Gasteiger partial charge < -0.3 is 15.5 Å². The van der Waals surface area contributed by atoms with Gasteiger partial charge >= 0.3 is 0 Å². The van der Waals surface area contributed by atoms with Crippen LogP contribution in [0.2, 0.25) is 0 Å². The van der Waals surface area contributed by atoms with E-state index in [1.807, 2.05) is 29.2 Å². The zero-order chi connectivity index (χ0) is 19.5. The van der Waals surface area contributed by atoms with Crippen LogP contribution in [0.3, 0.4) is 0 Å². The summed E-state index contributed by atoms with van der Waals surface area (Å²) in [6, 6.07) is 7.46. The number of unbranched alkanes of at least 4 members (excludes halogenated alkanes) is 4. The van der Waals surface area contributed by atoms with Crippen molar-refractivity contribution in [1.82, 2.24) is 10.2 Å². The third-order valence-electron chi connectivity index (χ3n) is 5.24. The number of hydrogen-bond acceptors (Lipinski definition) is 3. The van der Waals surface area contributed by atoms with Crippen LogP contribution < -0.4 is 10.6 Å². The average molecular weight is 374 g/mol. The number of rotatable bonds is 10. The molecule has 5 heteroatoms. The minimum absolute atomic E-state index is 0.00719. The van der Waals surface area contributed by atoms with Crippen molar-refractivity contribution >= 4 is 17.5 Å². The maximum Gasteiger partial charge on any atom is 0.253 e. The molecule has 0 aliphatic carbocycles. The molecule has 2 N–H and O–H groups in total. The number of piperidine rings is 1. The molecule has 0 bridgehead atoms. The highest BCUT2D eigenvalue weighted by Gasteiger charge is 2.21. The highest BCUT2D eigenvalue weighted by Crippen LogP contribution is 2.19. The number of benzene rings is 1. The summed E-state index contributed by atoms with van der Waals surface area (Å²) in [5.74, 6) is 0.779. The van der Waals surface area contributed by atoms with E-state index in [1.165, 1.54) is 25.7 Å². The standard InChI is InChI=1S/C22H35N3O2/c1-3-4-5-6-7-13-23-21(26)17-24-20-10-8-9-19(16-20)22(27)25-14-11-18(2)12-15-25/h8-10,16,18,24H,3-7,11-15,17H2,1-2H3,(H,23,26). The minimum atomic E-state index is -0.00719. The van der Waals surface area contributed by atoms with Crippen molar-refractivity contribution in [2.75, 3.05) is 31.5 Å². The Labute approximate surface area is 163 Å². The summed E-state index contributed by atoms with van der Waals surface area (Å²) in [5, 5.41) is 6.07. The highest BCUT2D eigenvalue weighted by atomic mass is 16.2.